The van der Waals surface area contributed by atoms with Gasteiger partial charge in [0.2, 0.25) is 5.88 Å². The standard InChI is InChI=1S/C15H15Br2N3O/c16-11-9-14(17)15(19-10-11)21-13-3-1-12(2-4-13)20-7-5-18-6-8-20/h1-4,9-10,18H,5-8H2. The second-order valence-electron chi connectivity index (χ2n) is 4.77. The molecule has 0 atom stereocenters. The summed E-state index contributed by atoms with van der Waals surface area (Å²) in [5.74, 6) is 1.34. The number of benzene rings is 1. The van der Waals surface area contributed by atoms with Crippen molar-refractivity contribution >= 4 is 37.5 Å². The predicted molar refractivity (Wildman–Crippen MR) is 91.2 cm³/mol. The van der Waals surface area contributed by atoms with Crippen LogP contribution in [0.1, 0.15) is 0 Å². The van der Waals surface area contributed by atoms with Crippen LogP contribution >= 0.6 is 31.9 Å². The Kier molecular flexibility index (Phi) is 4.77. The van der Waals surface area contributed by atoms with Crippen molar-refractivity contribution in [2.75, 3.05) is 31.1 Å². The third-order valence-electron chi connectivity index (χ3n) is 3.31. The minimum Gasteiger partial charge on any atom is -0.438 e. The lowest BCUT2D eigenvalue weighted by molar-refractivity contribution is 0.459. The van der Waals surface area contributed by atoms with Gasteiger partial charge in [0, 0.05) is 42.5 Å². The van der Waals surface area contributed by atoms with E-state index in [0.717, 1.165) is 40.9 Å². The van der Waals surface area contributed by atoms with E-state index in [4.69, 9.17) is 4.74 Å². The summed E-state index contributed by atoms with van der Waals surface area (Å²) >= 11 is 6.83. The maximum Gasteiger partial charge on any atom is 0.233 e. The number of hydrogen-bond donors (Lipinski definition) is 1. The van der Waals surface area contributed by atoms with E-state index < -0.39 is 0 Å². The lowest BCUT2D eigenvalue weighted by Crippen LogP contribution is -2.43. The van der Waals surface area contributed by atoms with Gasteiger partial charge in [-0.3, -0.25) is 0 Å². The van der Waals surface area contributed by atoms with Crippen molar-refractivity contribution in [1.82, 2.24) is 10.3 Å². The van der Waals surface area contributed by atoms with Crippen LogP contribution in [0.5, 0.6) is 11.6 Å². The summed E-state index contributed by atoms with van der Waals surface area (Å²) in [6.45, 7) is 4.15. The van der Waals surface area contributed by atoms with E-state index in [1.54, 1.807) is 6.20 Å². The minimum atomic E-state index is 0.563. The van der Waals surface area contributed by atoms with Crippen LogP contribution in [-0.2, 0) is 0 Å². The molecule has 0 amide bonds. The topological polar surface area (TPSA) is 37.4 Å². The SMILES string of the molecule is Brc1cnc(Oc2ccc(N3CCNCC3)cc2)c(Br)c1. The summed E-state index contributed by atoms with van der Waals surface area (Å²) < 4.78 is 7.53. The van der Waals surface area contributed by atoms with Crippen molar-refractivity contribution in [3.8, 4) is 11.6 Å². The zero-order valence-corrected chi connectivity index (χ0v) is 14.5. The van der Waals surface area contributed by atoms with Gasteiger partial charge in [0.15, 0.2) is 0 Å². The van der Waals surface area contributed by atoms with Crippen molar-refractivity contribution in [2.24, 2.45) is 0 Å². The van der Waals surface area contributed by atoms with E-state index in [1.807, 2.05) is 18.2 Å². The van der Waals surface area contributed by atoms with E-state index in [0.29, 0.717) is 5.88 Å². The maximum atomic E-state index is 5.80. The van der Waals surface area contributed by atoms with Crippen molar-refractivity contribution in [3.63, 3.8) is 0 Å². The van der Waals surface area contributed by atoms with E-state index in [1.165, 1.54) is 5.69 Å². The van der Waals surface area contributed by atoms with E-state index in [9.17, 15) is 0 Å². The van der Waals surface area contributed by atoms with E-state index >= 15 is 0 Å². The number of piperazine rings is 1. The summed E-state index contributed by atoms with van der Waals surface area (Å²) in [5.41, 5.74) is 1.23. The fraction of sp³-hybridized carbons (Fsp3) is 0.267. The quantitative estimate of drug-likeness (QED) is 0.831. The van der Waals surface area contributed by atoms with Gasteiger partial charge in [0.1, 0.15) is 5.75 Å². The third-order valence-corrected chi connectivity index (χ3v) is 4.31. The molecule has 1 aliphatic heterocycles. The molecule has 1 aliphatic rings. The summed E-state index contributed by atoms with van der Waals surface area (Å²) in [6.07, 6.45) is 1.72. The van der Waals surface area contributed by atoms with Gasteiger partial charge in [-0.25, -0.2) is 4.98 Å². The number of nitrogens with one attached hydrogen (secondary N) is 1. The molecule has 4 nitrogen and oxygen atoms in total. The molecule has 0 saturated carbocycles. The molecule has 2 heterocycles. The van der Waals surface area contributed by atoms with Gasteiger partial charge in [0.05, 0.1) is 4.47 Å². The van der Waals surface area contributed by atoms with Crippen molar-refractivity contribution in [2.45, 2.75) is 0 Å². The number of aromatic nitrogens is 1. The van der Waals surface area contributed by atoms with E-state index in [2.05, 4.69) is 59.2 Å². The van der Waals surface area contributed by atoms with Gasteiger partial charge in [-0.2, -0.15) is 0 Å². The Labute approximate surface area is 140 Å². The molecule has 1 aromatic carbocycles. The van der Waals surface area contributed by atoms with Crippen LogP contribution in [0.4, 0.5) is 5.69 Å². The van der Waals surface area contributed by atoms with Crippen LogP contribution in [0.2, 0.25) is 0 Å². The van der Waals surface area contributed by atoms with Crippen LogP contribution < -0.4 is 15.0 Å². The van der Waals surface area contributed by atoms with Crippen molar-refractivity contribution in [1.29, 1.82) is 0 Å². The Hall–Kier alpha value is -1.11. The van der Waals surface area contributed by atoms with Gasteiger partial charge in [-0.15, -0.1) is 0 Å². The molecule has 0 spiro atoms. The van der Waals surface area contributed by atoms with Crippen LogP contribution in [0.15, 0.2) is 45.5 Å². The number of halogens is 2. The summed E-state index contributed by atoms with van der Waals surface area (Å²) in [5, 5.41) is 3.36. The maximum absolute atomic E-state index is 5.80. The Balaban J connectivity index is 1.71. The number of ether oxygens (including phenoxy) is 1. The highest BCUT2D eigenvalue weighted by Gasteiger charge is 2.11. The lowest BCUT2D eigenvalue weighted by Gasteiger charge is -2.29. The zero-order valence-electron chi connectivity index (χ0n) is 11.4. The molecule has 1 fully saturated rings. The largest absolute Gasteiger partial charge is 0.438 e. The minimum absolute atomic E-state index is 0.563. The van der Waals surface area contributed by atoms with Gasteiger partial charge >= 0.3 is 0 Å². The zero-order chi connectivity index (χ0) is 14.7. The molecule has 110 valence electrons. The van der Waals surface area contributed by atoms with Gasteiger partial charge < -0.3 is 15.0 Å². The van der Waals surface area contributed by atoms with Gasteiger partial charge in [0.25, 0.3) is 0 Å². The molecule has 2 aromatic rings. The lowest BCUT2D eigenvalue weighted by atomic mass is 10.2. The van der Waals surface area contributed by atoms with Crippen LogP contribution in [0.25, 0.3) is 0 Å². The second kappa shape index (κ2) is 6.77. The Morgan fingerprint density at radius 1 is 1.10 bits per heavy atom. The second-order valence-corrected chi connectivity index (χ2v) is 6.54. The first-order valence-corrected chi connectivity index (χ1v) is 8.35. The number of hydrogen-bond acceptors (Lipinski definition) is 4. The normalized spacial score (nSPS) is 15.0. The molecule has 1 saturated heterocycles. The fourth-order valence-electron chi connectivity index (χ4n) is 2.24. The molecule has 6 heteroatoms. The fourth-order valence-corrected chi connectivity index (χ4v) is 3.31. The van der Waals surface area contributed by atoms with Crippen molar-refractivity contribution in [3.05, 3.63) is 45.5 Å². The molecule has 3 rings (SSSR count). The van der Waals surface area contributed by atoms with Crippen LogP contribution in [-0.4, -0.2) is 31.2 Å². The highest BCUT2D eigenvalue weighted by molar-refractivity contribution is 9.11. The Morgan fingerprint density at radius 2 is 1.81 bits per heavy atom. The molecule has 21 heavy (non-hydrogen) atoms. The summed E-state index contributed by atoms with van der Waals surface area (Å²) in [6, 6.07) is 10.1. The first kappa shape index (κ1) is 14.8. The summed E-state index contributed by atoms with van der Waals surface area (Å²) in [7, 11) is 0. The highest BCUT2D eigenvalue weighted by Crippen LogP contribution is 2.30. The smallest absolute Gasteiger partial charge is 0.233 e. The number of rotatable bonds is 3. The number of anilines is 1. The molecule has 0 aliphatic carbocycles. The molecule has 1 aromatic heterocycles. The summed E-state index contributed by atoms with van der Waals surface area (Å²) in [4.78, 5) is 6.62. The average molecular weight is 413 g/mol. The highest BCUT2D eigenvalue weighted by atomic mass is 79.9. The Bertz CT molecular complexity index is 613. The predicted octanol–water partition coefficient (Wildman–Crippen LogP) is 3.81. The van der Waals surface area contributed by atoms with E-state index in [-0.39, 0.29) is 0 Å². The first-order chi connectivity index (χ1) is 10.2. The molecule has 0 radical (unpaired) electrons. The molecular formula is C15H15Br2N3O. The molecular weight excluding hydrogens is 398 g/mol. The van der Waals surface area contributed by atoms with Gasteiger partial charge in [-0.1, -0.05) is 0 Å². The Morgan fingerprint density at radius 3 is 2.48 bits per heavy atom. The number of pyridine rings is 1. The molecule has 0 unspecified atom stereocenters. The monoisotopic (exact) mass is 411 g/mol. The van der Waals surface area contributed by atoms with Crippen LogP contribution in [0.3, 0.4) is 0 Å². The van der Waals surface area contributed by atoms with Gasteiger partial charge in [-0.05, 0) is 62.2 Å². The van der Waals surface area contributed by atoms with Crippen molar-refractivity contribution < 1.29 is 4.74 Å². The molecule has 0 bridgehead atoms. The molecule has 1 N–H and O–H groups in total. The average Bonchev–Trinajstić information content (AvgIpc) is 2.52. The van der Waals surface area contributed by atoms with Crippen LogP contribution in [0, 0.1) is 0 Å². The first-order valence-electron chi connectivity index (χ1n) is 6.77. The third kappa shape index (κ3) is 3.75. The number of nitrogens with zero attached hydrogens (tertiary/aromatic N) is 2.